The minimum absolute atomic E-state index is 0.233. The summed E-state index contributed by atoms with van der Waals surface area (Å²) < 4.78 is 0. The number of nitrogens with zero attached hydrogens (tertiary/aromatic N) is 1. The van der Waals surface area contributed by atoms with E-state index in [0.29, 0.717) is 5.92 Å². The van der Waals surface area contributed by atoms with Crippen molar-refractivity contribution in [3.8, 4) is 11.4 Å². The summed E-state index contributed by atoms with van der Waals surface area (Å²) in [6.07, 6.45) is 3.24. The number of rotatable bonds is 5. The number of hydrogen-bond acceptors (Lipinski definition) is 3. The van der Waals surface area contributed by atoms with Crippen molar-refractivity contribution in [2.24, 2.45) is 0 Å². The van der Waals surface area contributed by atoms with Crippen LogP contribution in [0.3, 0.4) is 0 Å². The molecule has 3 N–H and O–H groups in total. The Morgan fingerprint density at radius 1 is 1.03 bits per heavy atom. The maximum atomic E-state index is 12.2. The van der Waals surface area contributed by atoms with E-state index in [4.69, 9.17) is 12.2 Å². The number of hydrogen-bond donors (Lipinski definition) is 3. The third kappa shape index (κ3) is 5.28. The lowest BCUT2D eigenvalue weighted by Crippen LogP contribution is -2.32. The van der Waals surface area contributed by atoms with Crippen molar-refractivity contribution >= 4 is 46.0 Å². The third-order valence-electron chi connectivity index (χ3n) is 5.05. The molecule has 0 atom stereocenters. The normalized spacial score (nSPS) is 11.2. The van der Waals surface area contributed by atoms with Gasteiger partial charge in [0.1, 0.15) is 5.82 Å². The highest BCUT2D eigenvalue weighted by atomic mass is 32.1. The van der Waals surface area contributed by atoms with Gasteiger partial charge in [0.2, 0.25) is 5.91 Å². The number of imidazole rings is 1. The first-order valence-electron chi connectivity index (χ1n) is 10.4. The number of carbonyl (C=O) groups excluding carboxylic acids is 1. The van der Waals surface area contributed by atoms with E-state index in [0.717, 1.165) is 33.7 Å². The van der Waals surface area contributed by atoms with Crippen LogP contribution in [0.1, 0.15) is 30.9 Å². The van der Waals surface area contributed by atoms with Crippen molar-refractivity contribution in [2.45, 2.75) is 19.8 Å². The third-order valence-corrected chi connectivity index (χ3v) is 5.25. The van der Waals surface area contributed by atoms with Gasteiger partial charge in [0.15, 0.2) is 5.11 Å². The van der Waals surface area contributed by atoms with Crippen LogP contribution in [0.2, 0.25) is 0 Å². The van der Waals surface area contributed by atoms with Crippen molar-refractivity contribution < 1.29 is 4.79 Å². The summed E-state index contributed by atoms with van der Waals surface area (Å²) >= 11 is 5.30. The van der Waals surface area contributed by atoms with Crippen LogP contribution in [0.25, 0.3) is 28.5 Å². The zero-order valence-electron chi connectivity index (χ0n) is 17.9. The van der Waals surface area contributed by atoms with Crippen LogP contribution in [0, 0.1) is 0 Å². The molecular weight excluding hydrogens is 416 g/mol. The van der Waals surface area contributed by atoms with E-state index in [1.54, 1.807) is 6.08 Å². The maximum absolute atomic E-state index is 12.2. The molecule has 160 valence electrons. The highest BCUT2D eigenvalue weighted by Gasteiger charge is 2.07. The van der Waals surface area contributed by atoms with E-state index < -0.39 is 0 Å². The van der Waals surface area contributed by atoms with Gasteiger partial charge >= 0.3 is 0 Å². The van der Waals surface area contributed by atoms with Crippen LogP contribution in [-0.4, -0.2) is 21.0 Å². The van der Waals surface area contributed by atoms with Crippen LogP contribution in [-0.2, 0) is 4.79 Å². The fourth-order valence-corrected chi connectivity index (χ4v) is 3.53. The van der Waals surface area contributed by atoms with Gasteiger partial charge in [-0.1, -0.05) is 62.4 Å². The number of anilines is 1. The van der Waals surface area contributed by atoms with E-state index in [1.165, 1.54) is 11.6 Å². The van der Waals surface area contributed by atoms with Crippen LogP contribution >= 0.6 is 12.2 Å². The SMILES string of the molecule is CC(C)c1ccc(/C=C/C(=O)NC(=S)Nc2cccc(-c3nc4ccccc4[nH]3)c2)cc1. The van der Waals surface area contributed by atoms with Gasteiger partial charge < -0.3 is 10.3 Å². The summed E-state index contributed by atoms with van der Waals surface area (Å²) in [5.41, 5.74) is 5.80. The van der Waals surface area contributed by atoms with Crippen molar-refractivity contribution in [3.05, 3.63) is 90.0 Å². The number of aromatic amines is 1. The molecule has 0 fully saturated rings. The minimum Gasteiger partial charge on any atom is -0.338 e. The molecule has 1 heterocycles. The number of fused-ring (bicyclic) bond motifs is 1. The average molecular weight is 441 g/mol. The van der Waals surface area contributed by atoms with Crippen molar-refractivity contribution in [1.82, 2.24) is 15.3 Å². The highest BCUT2D eigenvalue weighted by molar-refractivity contribution is 7.80. The summed E-state index contributed by atoms with van der Waals surface area (Å²) in [4.78, 5) is 20.2. The first-order valence-corrected chi connectivity index (χ1v) is 10.8. The molecule has 4 rings (SSSR count). The smallest absolute Gasteiger partial charge is 0.250 e. The lowest BCUT2D eigenvalue weighted by Gasteiger charge is -2.09. The molecule has 0 aliphatic rings. The summed E-state index contributed by atoms with van der Waals surface area (Å²) in [6, 6.07) is 23.7. The number of benzene rings is 3. The Kier molecular flexibility index (Phi) is 6.42. The molecular formula is C26H24N4OS. The van der Waals surface area contributed by atoms with Crippen LogP contribution in [0.15, 0.2) is 78.9 Å². The predicted molar refractivity (Wildman–Crippen MR) is 135 cm³/mol. The molecule has 0 radical (unpaired) electrons. The second-order valence-corrected chi connectivity index (χ2v) is 8.19. The molecule has 5 nitrogen and oxygen atoms in total. The number of nitrogens with one attached hydrogen (secondary N) is 3. The molecule has 0 unspecified atom stereocenters. The van der Waals surface area contributed by atoms with E-state index in [9.17, 15) is 4.79 Å². The summed E-state index contributed by atoms with van der Waals surface area (Å²) in [7, 11) is 0. The van der Waals surface area contributed by atoms with Gasteiger partial charge in [-0.2, -0.15) is 0 Å². The quantitative estimate of drug-likeness (QED) is 0.268. The second kappa shape index (κ2) is 9.58. The molecule has 0 aliphatic heterocycles. The minimum atomic E-state index is -0.288. The van der Waals surface area contributed by atoms with Crippen LogP contribution < -0.4 is 10.6 Å². The summed E-state index contributed by atoms with van der Waals surface area (Å²) in [5.74, 6) is 0.963. The molecule has 32 heavy (non-hydrogen) atoms. The largest absolute Gasteiger partial charge is 0.338 e. The Morgan fingerprint density at radius 2 is 1.81 bits per heavy atom. The van der Waals surface area contributed by atoms with Crippen molar-refractivity contribution in [2.75, 3.05) is 5.32 Å². The molecule has 0 aliphatic carbocycles. The Bertz CT molecular complexity index is 1260. The molecule has 4 aromatic rings. The van der Waals surface area contributed by atoms with Crippen LogP contribution in [0.5, 0.6) is 0 Å². The zero-order valence-corrected chi connectivity index (χ0v) is 18.7. The number of H-pyrrole nitrogens is 1. The first kappa shape index (κ1) is 21.5. The topological polar surface area (TPSA) is 69.8 Å². The molecule has 1 amide bonds. The number of carbonyl (C=O) groups is 1. The van der Waals surface area contributed by atoms with E-state index in [2.05, 4.69) is 46.6 Å². The Labute approximate surface area is 192 Å². The molecule has 3 aromatic carbocycles. The van der Waals surface area contributed by atoms with Gasteiger partial charge in [-0.05, 0) is 59.6 Å². The second-order valence-electron chi connectivity index (χ2n) is 7.78. The predicted octanol–water partition coefficient (Wildman–Crippen LogP) is 5.88. The molecule has 1 aromatic heterocycles. The fraction of sp³-hybridized carbons (Fsp3) is 0.115. The Balaban J connectivity index is 1.37. The number of amides is 1. The van der Waals surface area contributed by atoms with Gasteiger partial charge in [0.25, 0.3) is 0 Å². The number of aromatic nitrogens is 2. The zero-order chi connectivity index (χ0) is 22.5. The number of thiocarbonyl (C=S) groups is 1. The molecule has 6 heteroatoms. The van der Waals surface area contributed by atoms with Crippen LogP contribution in [0.4, 0.5) is 5.69 Å². The van der Waals surface area contributed by atoms with Gasteiger partial charge in [-0.25, -0.2) is 4.98 Å². The molecule has 0 spiro atoms. The van der Waals surface area contributed by atoms with E-state index in [1.807, 2.05) is 60.7 Å². The van der Waals surface area contributed by atoms with E-state index in [-0.39, 0.29) is 11.0 Å². The van der Waals surface area contributed by atoms with Gasteiger partial charge in [0.05, 0.1) is 11.0 Å². The summed E-state index contributed by atoms with van der Waals surface area (Å²) in [5, 5.41) is 5.97. The molecule has 0 saturated carbocycles. The Hall–Kier alpha value is -3.77. The van der Waals surface area contributed by atoms with Crippen molar-refractivity contribution in [1.29, 1.82) is 0 Å². The number of para-hydroxylation sites is 2. The van der Waals surface area contributed by atoms with Crippen molar-refractivity contribution in [3.63, 3.8) is 0 Å². The summed E-state index contributed by atoms with van der Waals surface area (Å²) in [6.45, 7) is 4.30. The monoisotopic (exact) mass is 440 g/mol. The Morgan fingerprint density at radius 3 is 2.56 bits per heavy atom. The highest BCUT2D eigenvalue weighted by Crippen LogP contribution is 2.23. The molecule has 0 bridgehead atoms. The van der Waals surface area contributed by atoms with E-state index >= 15 is 0 Å². The lowest BCUT2D eigenvalue weighted by atomic mass is 10.0. The van der Waals surface area contributed by atoms with Gasteiger partial charge in [-0.15, -0.1) is 0 Å². The van der Waals surface area contributed by atoms with Gasteiger partial charge in [0, 0.05) is 17.3 Å². The lowest BCUT2D eigenvalue weighted by molar-refractivity contribution is -0.115. The first-order chi connectivity index (χ1) is 15.5. The fourth-order valence-electron chi connectivity index (χ4n) is 3.31. The maximum Gasteiger partial charge on any atom is 0.250 e. The standard InChI is InChI=1S/C26H24N4OS/c1-17(2)19-13-10-18(11-14-19)12-15-24(31)30-26(32)27-21-7-5-6-20(16-21)25-28-22-8-3-4-9-23(22)29-25/h3-17H,1-2H3,(H,28,29)(H2,27,30,31,32)/b15-12+. The average Bonchev–Trinajstić information content (AvgIpc) is 3.22. The molecule has 0 saturated heterocycles. The van der Waals surface area contributed by atoms with Gasteiger partial charge in [-0.3, -0.25) is 10.1 Å².